The number of rotatable bonds is 4. The number of piperazine rings is 2. The number of halogens is 2. The predicted molar refractivity (Wildman–Crippen MR) is 108 cm³/mol. The Bertz CT molecular complexity index is 509. The monoisotopic (exact) mass is 388 g/mol. The molecule has 1 aromatic carbocycles. The van der Waals surface area contributed by atoms with Crippen LogP contribution in [0.1, 0.15) is 13.3 Å². The lowest BCUT2D eigenvalue weighted by Crippen LogP contribution is -2.53. The van der Waals surface area contributed by atoms with Crippen LogP contribution in [-0.4, -0.2) is 74.1 Å². The molecular weight excluding hydrogens is 359 g/mol. The van der Waals surface area contributed by atoms with Gasteiger partial charge in [-0.05, 0) is 19.1 Å². The van der Waals surface area contributed by atoms with Gasteiger partial charge in [-0.1, -0.05) is 18.2 Å². The van der Waals surface area contributed by atoms with Gasteiger partial charge in [0.15, 0.2) is 0 Å². The summed E-state index contributed by atoms with van der Waals surface area (Å²) in [4.78, 5) is 19.3. The number of amides is 1. The number of hydrogen-bond acceptors (Lipinski definition) is 4. The summed E-state index contributed by atoms with van der Waals surface area (Å²) < 4.78 is 0. The summed E-state index contributed by atoms with van der Waals surface area (Å²) in [6, 6.07) is 10.9. The second-order valence-corrected chi connectivity index (χ2v) is 6.55. The molecule has 1 amide bonds. The van der Waals surface area contributed by atoms with Crippen LogP contribution in [0.2, 0.25) is 0 Å². The molecule has 25 heavy (non-hydrogen) atoms. The molecule has 1 atom stereocenters. The maximum Gasteiger partial charge on any atom is 0.224 e. The number of carbonyl (C=O) groups is 1. The van der Waals surface area contributed by atoms with Crippen molar-refractivity contribution in [3.8, 4) is 0 Å². The first-order chi connectivity index (χ1) is 11.2. The largest absolute Gasteiger partial charge is 0.369 e. The molecule has 2 aliphatic rings. The number of nitrogens with zero attached hydrogens (tertiary/aromatic N) is 3. The van der Waals surface area contributed by atoms with Gasteiger partial charge in [-0.25, -0.2) is 0 Å². The van der Waals surface area contributed by atoms with Crippen LogP contribution >= 0.6 is 24.8 Å². The molecule has 2 fully saturated rings. The highest BCUT2D eigenvalue weighted by atomic mass is 35.5. The minimum Gasteiger partial charge on any atom is -0.369 e. The van der Waals surface area contributed by atoms with Crippen molar-refractivity contribution >= 4 is 36.4 Å². The normalized spacial score (nSPS) is 21.2. The summed E-state index contributed by atoms with van der Waals surface area (Å²) in [6.45, 7) is 9.87. The summed E-state index contributed by atoms with van der Waals surface area (Å²) >= 11 is 0. The first-order valence-electron chi connectivity index (χ1n) is 8.76. The molecule has 0 unspecified atom stereocenters. The second kappa shape index (κ2) is 10.9. The van der Waals surface area contributed by atoms with E-state index < -0.39 is 0 Å². The summed E-state index contributed by atoms with van der Waals surface area (Å²) in [5, 5.41) is 3.34. The minimum absolute atomic E-state index is 0. The molecular formula is C18H30Cl2N4O. The molecule has 7 heteroatoms. The lowest BCUT2D eigenvalue weighted by molar-refractivity contribution is -0.134. The van der Waals surface area contributed by atoms with Crippen LogP contribution in [0.15, 0.2) is 30.3 Å². The van der Waals surface area contributed by atoms with E-state index in [0.717, 1.165) is 52.4 Å². The predicted octanol–water partition coefficient (Wildman–Crippen LogP) is 1.86. The van der Waals surface area contributed by atoms with Gasteiger partial charge in [0.25, 0.3) is 0 Å². The Morgan fingerprint density at radius 1 is 1.08 bits per heavy atom. The summed E-state index contributed by atoms with van der Waals surface area (Å²) in [5.74, 6) is 0.310. The highest BCUT2D eigenvalue weighted by molar-refractivity contribution is 5.85. The molecule has 0 spiro atoms. The van der Waals surface area contributed by atoms with Crippen LogP contribution in [0, 0.1) is 0 Å². The van der Waals surface area contributed by atoms with E-state index in [1.807, 2.05) is 4.90 Å². The molecule has 3 rings (SSSR count). The molecule has 2 saturated heterocycles. The fraction of sp³-hybridized carbons (Fsp3) is 0.611. The zero-order valence-corrected chi connectivity index (χ0v) is 16.5. The molecule has 0 radical (unpaired) electrons. The molecule has 5 nitrogen and oxygen atoms in total. The Balaban J connectivity index is 0.00000156. The minimum atomic E-state index is 0. The maximum absolute atomic E-state index is 12.4. The van der Waals surface area contributed by atoms with Gasteiger partial charge in [-0.3, -0.25) is 9.69 Å². The SMILES string of the molecule is C[C@H]1CNCCN1C(=O)CCN1CCN(c2ccccc2)CC1.Cl.Cl. The fourth-order valence-electron chi connectivity index (χ4n) is 3.48. The number of para-hydroxylation sites is 1. The van der Waals surface area contributed by atoms with E-state index in [9.17, 15) is 4.79 Å². The molecule has 2 aliphatic heterocycles. The topological polar surface area (TPSA) is 38.8 Å². The van der Waals surface area contributed by atoms with Crippen LogP contribution < -0.4 is 10.2 Å². The zero-order valence-electron chi connectivity index (χ0n) is 14.9. The van der Waals surface area contributed by atoms with Crippen molar-refractivity contribution in [2.24, 2.45) is 0 Å². The Kier molecular flexibility index (Phi) is 9.57. The van der Waals surface area contributed by atoms with Gasteiger partial charge < -0.3 is 15.1 Å². The van der Waals surface area contributed by atoms with Gasteiger partial charge in [-0.15, -0.1) is 24.8 Å². The summed E-state index contributed by atoms with van der Waals surface area (Å²) in [6.07, 6.45) is 0.648. The lowest BCUT2D eigenvalue weighted by atomic mass is 10.2. The van der Waals surface area contributed by atoms with Crippen LogP contribution in [0.4, 0.5) is 5.69 Å². The number of benzene rings is 1. The van der Waals surface area contributed by atoms with E-state index in [4.69, 9.17) is 0 Å². The third-order valence-corrected chi connectivity index (χ3v) is 4.96. The van der Waals surface area contributed by atoms with Gasteiger partial charge in [0.1, 0.15) is 0 Å². The molecule has 1 N–H and O–H groups in total. The van der Waals surface area contributed by atoms with E-state index in [2.05, 4.69) is 52.4 Å². The first kappa shape index (κ1) is 22.0. The first-order valence-corrected chi connectivity index (χ1v) is 8.76. The quantitative estimate of drug-likeness (QED) is 0.854. The van der Waals surface area contributed by atoms with E-state index in [-0.39, 0.29) is 24.8 Å². The van der Waals surface area contributed by atoms with Crippen molar-refractivity contribution in [1.82, 2.24) is 15.1 Å². The van der Waals surface area contributed by atoms with Crippen molar-refractivity contribution in [3.63, 3.8) is 0 Å². The summed E-state index contributed by atoms with van der Waals surface area (Å²) in [7, 11) is 0. The third-order valence-electron chi connectivity index (χ3n) is 4.96. The Labute approximate surface area is 163 Å². The van der Waals surface area contributed by atoms with E-state index >= 15 is 0 Å². The highest BCUT2D eigenvalue weighted by Crippen LogP contribution is 2.15. The van der Waals surface area contributed by atoms with Crippen LogP contribution in [0.3, 0.4) is 0 Å². The Hall–Kier alpha value is -1.01. The molecule has 2 heterocycles. The fourth-order valence-corrected chi connectivity index (χ4v) is 3.48. The molecule has 142 valence electrons. The molecule has 0 aromatic heterocycles. The van der Waals surface area contributed by atoms with Gasteiger partial charge in [0, 0.05) is 70.5 Å². The van der Waals surface area contributed by atoms with Crippen molar-refractivity contribution in [1.29, 1.82) is 0 Å². The zero-order chi connectivity index (χ0) is 16.1. The average Bonchev–Trinajstić information content (AvgIpc) is 2.61. The van der Waals surface area contributed by atoms with Crippen molar-refractivity contribution in [2.75, 3.05) is 57.3 Å². The van der Waals surface area contributed by atoms with Crippen LogP contribution in [0.5, 0.6) is 0 Å². The van der Waals surface area contributed by atoms with Crippen LogP contribution in [-0.2, 0) is 4.79 Å². The highest BCUT2D eigenvalue weighted by Gasteiger charge is 2.24. The smallest absolute Gasteiger partial charge is 0.224 e. The number of anilines is 1. The van der Waals surface area contributed by atoms with Gasteiger partial charge in [0.05, 0.1) is 0 Å². The number of hydrogen-bond donors (Lipinski definition) is 1. The maximum atomic E-state index is 12.4. The van der Waals surface area contributed by atoms with Crippen LogP contribution in [0.25, 0.3) is 0 Å². The Morgan fingerprint density at radius 2 is 1.76 bits per heavy atom. The number of nitrogens with one attached hydrogen (secondary N) is 1. The second-order valence-electron chi connectivity index (χ2n) is 6.55. The molecule has 1 aromatic rings. The standard InChI is InChI=1S/C18H28N4O.2ClH/c1-16-15-19-8-10-22(16)18(23)7-9-20-11-13-21(14-12-20)17-5-3-2-4-6-17;;/h2-6,16,19H,7-15H2,1H3;2*1H/t16-;;/m0../s1. The lowest BCUT2D eigenvalue weighted by Gasteiger charge is -2.37. The molecule has 0 aliphatic carbocycles. The van der Waals surface area contributed by atoms with Gasteiger partial charge in [0.2, 0.25) is 5.91 Å². The van der Waals surface area contributed by atoms with Crippen molar-refractivity contribution in [3.05, 3.63) is 30.3 Å². The van der Waals surface area contributed by atoms with Crippen molar-refractivity contribution in [2.45, 2.75) is 19.4 Å². The van der Waals surface area contributed by atoms with E-state index in [0.29, 0.717) is 18.4 Å². The number of carbonyl (C=O) groups excluding carboxylic acids is 1. The van der Waals surface area contributed by atoms with E-state index in [1.165, 1.54) is 5.69 Å². The molecule has 0 bridgehead atoms. The van der Waals surface area contributed by atoms with Gasteiger partial charge in [-0.2, -0.15) is 0 Å². The van der Waals surface area contributed by atoms with Gasteiger partial charge >= 0.3 is 0 Å². The third kappa shape index (κ3) is 6.03. The summed E-state index contributed by atoms with van der Waals surface area (Å²) in [5.41, 5.74) is 1.30. The molecule has 0 saturated carbocycles. The van der Waals surface area contributed by atoms with E-state index in [1.54, 1.807) is 0 Å². The Morgan fingerprint density at radius 3 is 2.40 bits per heavy atom. The van der Waals surface area contributed by atoms with Crippen molar-refractivity contribution < 1.29 is 4.79 Å². The average molecular weight is 389 g/mol.